The largest absolute Gasteiger partial charge is 0.482 e. The van der Waals surface area contributed by atoms with Gasteiger partial charge >= 0.3 is 18.0 Å². The maximum absolute atomic E-state index is 13.0. The van der Waals surface area contributed by atoms with E-state index in [1.165, 1.54) is 19.2 Å². The number of nitrogens with zero attached hydrogens (tertiary/aromatic N) is 2. The number of carbonyl (C=O) groups is 4. The molecule has 0 aliphatic carbocycles. The highest BCUT2D eigenvalue weighted by molar-refractivity contribution is 6.14. The van der Waals surface area contributed by atoms with Gasteiger partial charge in [0.15, 0.2) is 6.61 Å². The second-order valence-electron chi connectivity index (χ2n) is 9.12. The van der Waals surface area contributed by atoms with Crippen molar-refractivity contribution in [2.45, 2.75) is 40.3 Å². The Hall–Kier alpha value is -4.80. The number of amides is 3. The first-order chi connectivity index (χ1) is 18.6. The first kappa shape index (κ1) is 27.2. The van der Waals surface area contributed by atoms with Gasteiger partial charge in [-0.25, -0.2) is 14.4 Å². The molecule has 1 aliphatic rings. The monoisotopic (exact) mass is 535 g/mol. The van der Waals surface area contributed by atoms with Crippen molar-refractivity contribution in [3.63, 3.8) is 0 Å². The predicted octanol–water partition coefficient (Wildman–Crippen LogP) is 3.90. The number of methoxy groups -OCH3 is 1. The van der Waals surface area contributed by atoms with Crippen LogP contribution in [0.4, 0.5) is 4.79 Å². The summed E-state index contributed by atoms with van der Waals surface area (Å²) in [5.74, 6) is -0.829. The number of hydrogen-bond donors (Lipinski definition) is 1. The molecule has 2 aromatic heterocycles. The number of urea groups is 1. The Kier molecular flexibility index (Phi) is 7.89. The summed E-state index contributed by atoms with van der Waals surface area (Å²) in [6, 6.07) is 11.5. The number of rotatable bonds is 9. The zero-order chi connectivity index (χ0) is 28.3. The molecule has 3 heterocycles. The molecule has 0 spiro atoms. The molecule has 0 bridgehead atoms. The third-order valence-electron chi connectivity index (χ3n) is 5.91. The molecule has 0 saturated carbocycles. The van der Waals surface area contributed by atoms with E-state index < -0.39 is 23.9 Å². The van der Waals surface area contributed by atoms with Crippen molar-refractivity contribution in [1.29, 1.82) is 0 Å². The predicted molar refractivity (Wildman–Crippen MR) is 139 cm³/mol. The van der Waals surface area contributed by atoms with E-state index in [1.54, 1.807) is 32.1 Å². The van der Waals surface area contributed by atoms with Gasteiger partial charge in [-0.15, -0.1) is 0 Å². The highest BCUT2D eigenvalue weighted by atomic mass is 16.6. The van der Waals surface area contributed by atoms with E-state index in [0.717, 1.165) is 27.5 Å². The average molecular weight is 536 g/mol. The van der Waals surface area contributed by atoms with Crippen LogP contribution in [0.1, 0.15) is 47.1 Å². The molecule has 39 heavy (non-hydrogen) atoms. The van der Waals surface area contributed by atoms with E-state index in [0.29, 0.717) is 5.75 Å². The fourth-order valence-electron chi connectivity index (χ4n) is 4.16. The third kappa shape index (κ3) is 6.03. The van der Waals surface area contributed by atoms with E-state index in [4.69, 9.17) is 13.9 Å². The molecule has 11 heteroatoms. The molecule has 1 aliphatic heterocycles. The van der Waals surface area contributed by atoms with Crippen molar-refractivity contribution in [2.75, 3.05) is 13.7 Å². The summed E-state index contributed by atoms with van der Waals surface area (Å²) in [4.78, 5) is 49.8. The van der Waals surface area contributed by atoms with Crippen LogP contribution in [-0.2, 0) is 25.6 Å². The molecular formula is C28H29N3O8. The standard InChI is InChI=1S/C28H29N3O8/c1-16(2)38-25(32)15-37-21-8-6-20(7-9-21)31-17(3)12-19(18(31)4)13-23-26(33)30(28(35)29-23)14-22-10-11-24(39-22)27(34)36-5/h6-13,16H,14-15H2,1-5H3,(H,29,35)/b23-13-. The molecule has 1 saturated heterocycles. The fraction of sp³-hybridized carbons (Fsp3) is 0.286. The molecule has 0 radical (unpaired) electrons. The van der Waals surface area contributed by atoms with Gasteiger partial charge in [-0.05, 0) is 81.8 Å². The quantitative estimate of drug-likeness (QED) is 0.248. The highest BCUT2D eigenvalue weighted by Gasteiger charge is 2.34. The zero-order valence-corrected chi connectivity index (χ0v) is 22.3. The lowest BCUT2D eigenvalue weighted by Gasteiger charge is -2.12. The second kappa shape index (κ2) is 11.3. The van der Waals surface area contributed by atoms with Gasteiger partial charge in [0.2, 0.25) is 5.76 Å². The lowest BCUT2D eigenvalue weighted by atomic mass is 10.2. The van der Waals surface area contributed by atoms with Gasteiger partial charge in [-0.3, -0.25) is 9.69 Å². The van der Waals surface area contributed by atoms with Crippen LogP contribution >= 0.6 is 0 Å². The summed E-state index contributed by atoms with van der Waals surface area (Å²) in [6.07, 6.45) is 1.42. The van der Waals surface area contributed by atoms with Gasteiger partial charge in [0.1, 0.15) is 17.2 Å². The number of carbonyl (C=O) groups excluding carboxylic acids is 4. The number of esters is 2. The lowest BCUT2D eigenvalue weighted by molar-refractivity contribution is -0.149. The minimum Gasteiger partial charge on any atom is -0.482 e. The number of aromatic nitrogens is 1. The maximum atomic E-state index is 13.0. The molecule has 1 aromatic carbocycles. The van der Waals surface area contributed by atoms with Crippen LogP contribution < -0.4 is 10.1 Å². The first-order valence-electron chi connectivity index (χ1n) is 12.2. The maximum Gasteiger partial charge on any atom is 0.373 e. The third-order valence-corrected chi connectivity index (χ3v) is 5.91. The molecule has 0 atom stereocenters. The summed E-state index contributed by atoms with van der Waals surface area (Å²) in [6.45, 7) is 7.06. The van der Waals surface area contributed by atoms with Crippen LogP contribution in [0.15, 0.2) is 52.6 Å². The van der Waals surface area contributed by atoms with Gasteiger partial charge in [0.05, 0.1) is 19.8 Å². The highest BCUT2D eigenvalue weighted by Crippen LogP contribution is 2.26. The molecule has 3 amide bonds. The minimum absolute atomic E-state index is 0.0176. The van der Waals surface area contributed by atoms with Crippen molar-refractivity contribution >= 4 is 30.0 Å². The molecule has 3 aromatic rings. The van der Waals surface area contributed by atoms with Crippen molar-refractivity contribution in [3.05, 3.63) is 76.6 Å². The molecular weight excluding hydrogens is 506 g/mol. The minimum atomic E-state index is -0.650. The van der Waals surface area contributed by atoms with Gasteiger partial charge < -0.3 is 28.5 Å². The number of imide groups is 1. The van der Waals surface area contributed by atoms with Crippen LogP contribution in [0.3, 0.4) is 0 Å². The number of nitrogens with one attached hydrogen (secondary N) is 1. The molecule has 0 unspecified atom stereocenters. The van der Waals surface area contributed by atoms with E-state index in [1.807, 2.05) is 36.6 Å². The summed E-state index contributed by atoms with van der Waals surface area (Å²) < 4.78 is 22.6. The Morgan fingerprint density at radius 2 is 1.79 bits per heavy atom. The molecule has 11 nitrogen and oxygen atoms in total. The van der Waals surface area contributed by atoms with Gasteiger partial charge in [-0.2, -0.15) is 0 Å². The first-order valence-corrected chi connectivity index (χ1v) is 12.2. The van der Waals surface area contributed by atoms with Crippen molar-refractivity contribution in [1.82, 2.24) is 14.8 Å². The molecule has 1 fully saturated rings. The van der Waals surface area contributed by atoms with Crippen LogP contribution in [0, 0.1) is 13.8 Å². The smallest absolute Gasteiger partial charge is 0.373 e. The lowest BCUT2D eigenvalue weighted by Crippen LogP contribution is -2.30. The molecule has 1 N–H and O–H groups in total. The summed E-state index contributed by atoms with van der Waals surface area (Å²) in [5.41, 5.74) is 3.49. The van der Waals surface area contributed by atoms with Crippen molar-refractivity contribution < 1.29 is 37.8 Å². The zero-order valence-electron chi connectivity index (χ0n) is 22.3. The van der Waals surface area contributed by atoms with E-state index in [-0.39, 0.29) is 36.5 Å². The number of hydrogen-bond acceptors (Lipinski definition) is 8. The van der Waals surface area contributed by atoms with E-state index in [9.17, 15) is 19.2 Å². The average Bonchev–Trinajstić information content (AvgIpc) is 3.55. The molecule has 204 valence electrons. The van der Waals surface area contributed by atoms with Crippen LogP contribution in [0.5, 0.6) is 5.75 Å². The van der Waals surface area contributed by atoms with Crippen LogP contribution in [0.2, 0.25) is 0 Å². The van der Waals surface area contributed by atoms with Crippen LogP contribution in [-0.4, -0.2) is 53.2 Å². The number of ether oxygens (including phenoxy) is 3. The Morgan fingerprint density at radius 1 is 1.08 bits per heavy atom. The SMILES string of the molecule is COC(=O)c1ccc(CN2C(=O)N/C(=C\c3cc(C)n(-c4ccc(OCC(=O)OC(C)C)cc4)c3C)C2=O)o1. The topological polar surface area (TPSA) is 129 Å². The van der Waals surface area contributed by atoms with Crippen molar-refractivity contribution in [2.24, 2.45) is 0 Å². The summed E-state index contributed by atoms with van der Waals surface area (Å²) >= 11 is 0. The summed E-state index contributed by atoms with van der Waals surface area (Å²) in [7, 11) is 1.23. The number of benzene rings is 1. The Bertz CT molecular complexity index is 1450. The van der Waals surface area contributed by atoms with Crippen molar-refractivity contribution in [3.8, 4) is 11.4 Å². The number of furan rings is 1. The Labute approximate surface area is 224 Å². The normalized spacial score (nSPS) is 14.2. The van der Waals surface area contributed by atoms with Gasteiger partial charge in [0.25, 0.3) is 5.91 Å². The van der Waals surface area contributed by atoms with Gasteiger partial charge in [-0.1, -0.05) is 0 Å². The Balaban J connectivity index is 1.48. The van der Waals surface area contributed by atoms with Crippen LogP contribution in [0.25, 0.3) is 11.8 Å². The van der Waals surface area contributed by atoms with E-state index in [2.05, 4.69) is 10.1 Å². The van der Waals surface area contributed by atoms with E-state index >= 15 is 0 Å². The molecule has 4 rings (SSSR count). The number of aryl methyl sites for hydroxylation is 1. The Morgan fingerprint density at radius 3 is 2.46 bits per heavy atom. The summed E-state index contributed by atoms with van der Waals surface area (Å²) in [5, 5.41) is 2.60. The second-order valence-corrected chi connectivity index (χ2v) is 9.12. The fourth-order valence-corrected chi connectivity index (χ4v) is 4.16. The van der Waals surface area contributed by atoms with Gasteiger partial charge in [0, 0.05) is 17.1 Å².